The molecule has 1 unspecified atom stereocenters. The number of nitrogens with one attached hydrogen (secondary N) is 4. The van der Waals surface area contributed by atoms with Crippen LogP contribution in [0.4, 0.5) is 10.8 Å². The van der Waals surface area contributed by atoms with Crippen molar-refractivity contribution in [2.24, 2.45) is 11.8 Å². The van der Waals surface area contributed by atoms with Gasteiger partial charge in [0.05, 0.1) is 30.6 Å². The van der Waals surface area contributed by atoms with Gasteiger partial charge in [0.15, 0.2) is 5.13 Å². The SMILES string of the molecule is COc1ccc2c(O[C@@H]3C[C@@H](C(=O)N[C@]45C[C@H]4/C=C\CCCCCNc4ccccc4S(=O)(=O)NC5=O)N(C(=O)C(O)C(C)C)C3)cc(-c3csc(NC(C)C)n3)nc2c1. The van der Waals surface area contributed by atoms with Crippen LogP contribution in [0.1, 0.15) is 66.2 Å². The van der Waals surface area contributed by atoms with Gasteiger partial charge < -0.3 is 35.4 Å². The molecule has 17 heteroatoms. The number of carbonyl (C=O) groups is 3. The van der Waals surface area contributed by atoms with Crippen molar-refractivity contribution in [2.45, 2.75) is 101 Å². The van der Waals surface area contributed by atoms with Crippen LogP contribution >= 0.6 is 11.3 Å². The number of rotatable bonds is 10. The number of fused-ring (bicyclic) bond motifs is 3. The molecule has 0 spiro atoms. The van der Waals surface area contributed by atoms with Crippen LogP contribution in [0.3, 0.4) is 0 Å². The standard InChI is InChI=1S/C43H53N7O8S2/c1-25(2)38(51)40(53)50-23-29(58-36-21-33(34-24-59-42(47-34)45-26(3)4)46-32-19-28(57-5)16-17-30(32)36)20-35(50)39(52)48-43-22-27(43)13-9-7-6-8-12-18-44-31-14-10-11-15-37(31)60(55,56)49-41(43)54/h9-11,13-17,19,21,24-27,29,35,38,44,51H,6-8,12,18,20,22-23H2,1-5H3,(H,45,47)(H,48,52)(H,49,54)/b13-9-/t27-,29-,35+,38?,43-/m1/s1. The molecule has 5 N–H and O–H groups in total. The average Bonchev–Trinajstić information content (AvgIpc) is 3.48. The zero-order valence-electron chi connectivity index (χ0n) is 34.4. The lowest BCUT2D eigenvalue weighted by molar-refractivity contribution is -0.147. The number of aliphatic hydroxyl groups excluding tert-OH is 1. The van der Waals surface area contributed by atoms with Gasteiger partial charge in [-0.2, -0.15) is 0 Å². The summed E-state index contributed by atoms with van der Waals surface area (Å²) in [7, 11) is -2.79. The van der Waals surface area contributed by atoms with Gasteiger partial charge in [-0.3, -0.25) is 14.4 Å². The number of likely N-dealkylation sites (tertiary alicyclic amines) is 1. The van der Waals surface area contributed by atoms with E-state index in [1.54, 1.807) is 57.4 Å². The molecule has 1 aliphatic carbocycles. The van der Waals surface area contributed by atoms with Crippen molar-refractivity contribution in [3.05, 3.63) is 66.1 Å². The summed E-state index contributed by atoms with van der Waals surface area (Å²) in [6.07, 6.45) is 5.27. The Hall–Kier alpha value is -5.26. The lowest BCUT2D eigenvalue weighted by Crippen LogP contribution is -2.57. The first-order chi connectivity index (χ1) is 28.7. The van der Waals surface area contributed by atoms with Gasteiger partial charge in [-0.05, 0) is 69.7 Å². The number of benzene rings is 2. The number of ether oxygens (including phenoxy) is 2. The zero-order valence-corrected chi connectivity index (χ0v) is 36.1. The molecule has 15 nitrogen and oxygen atoms in total. The van der Waals surface area contributed by atoms with Gasteiger partial charge in [-0.1, -0.05) is 44.6 Å². The lowest BCUT2D eigenvalue weighted by atomic mass is 10.1. The maximum atomic E-state index is 14.5. The van der Waals surface area contributed by atoms with Gasteiger partial charge in [-0.25, -0.2) is 23.1 Å². The molecule has 1 saturated heterocycles. The Morgan fingerprint density at radius 1 is 1.05 bits per heavy atom. The third-order valence-corrected chi connectivity index (χ3v) is 13.2. The minimum Gasteiger partial charge on any atom is -0.497 e. The molecular formula is C43H53N7O8S2. The van der Waals surface area contributed by atoms with Crippen LogP contribution in [-0.4, -0.2) is 96.1 Å². The smallest absolute Gasteiger partial charge is 0.266 e. The molecule has 4 heterocycles. The van der Waals surface area contributed by atoms with Crippen LogP contribution in [0.25, 0.3) is 22.3 Å². The average molecular weight is 860 g/mol. The van der Waals surface area contributed by atoms with Gasteiger partial charge >= 0.3 is 0 Å². The molecule has 0 bridgehead atoms. The number of pyridine rings is 1. The summed E-state index contributed by atoms with van der Waals surface area (Å²) in [5.41, 5.74) is 0.534. The van der Waals surface area contributed by atoms with Gasteiger partial charge in [0.1, 0.15) is 45.9 Å². The number of hydrogen-bond donors (Lipinski definition) is 5. The maximum absolute atomic E-state index is 14.5. The predicted molar refractivity (Wildman–Crippen MR) is 230 cm³/mol. The van der Waals surface area contributed by atoms with E-state index in [1.165, 1.54) is 22.3 Å². The number of hydrogen-bond acceptors (Lipinski definition) is 13. The van der Waals surface area contributed by atoms with Gasteiger partial charge in [0.2, 0.25) is 5.91 Å². The fourth-order valence-corrected chi connectivity index (χ4v) is 9.77. The molecule has 320 valence electrons. The topological polar surface area (TPSA) is 201 Å². The number of amides is 3. The molecule has 3 amide bonds. The van der Waals surface area contributed by atoms with E-state index in [-0.39, 0.29) is 30.3 Å². The van der Waals surface area contributed by atoms with Crippen LogP contribution in [0.15, 0.2) is 71.0 Å². The number of methoxy groups -OCH3 is 1. The van der Waals surface area contributed by atoms with Crippen molar-refractivity contribution in [1.82, 2.24) is 24.9 Å². The highest BCUT2D eigenvalue weighted by Gasteiger charge is 2.61. The van der Waals surface area contributed by atoms with E-state index < -0.39 is 63.4 Å². The van der Waals surface area contributed by atoms with E-state index in [9.17, 15) is 27.9 Å². The van der Waals surface area contributed by atoms with Crippen molar-refractivity contribution < 1.29 is 37.4 Å². The molecular weight excluding hydrogens is 807 g/mol. The highest BCUT2D eigenvalue weighted by Crippen LogP contribution is 2.46. The summed E-state index contributed by atoms with van der Waals surface area (Å²) in [5.74, 6) is -2.10. The Balaban J connectivity index is 1.19. The predicted octanol–water partition coefficient (Wildman–Crippen LogP) is 5.47. The summed E-state index contributed by atoms with van der Waals surface area (Å²) < 4.78 is 41.9. The summed E-state index contributed by atoms with van der Waals surface area (Å²) in [6.45, 7) is 7.98. The molecule has 1 saturated carbocycles. The van der Waals surface area contributed by atoms with E-state index in [0.29, 0.717) is 46.0 Å². The number of nitrogens with zero attached hydrogens (tertiary/aromatic N) is 3. The molecule has 5 atom stereocenters. The summed E-state index contributed by atoms with van der Waals surface area (Å²) >= 11 is 1.45. The van der Waals surface area contributed by atoms with Crippen molar-refractivity contribution in [3.8, 4) is 22.9 Å². The van der Waals surface area contributed by atoms with Crippen molar-refractivity contribution in [2.75, 3.05) is 30.8 Å². The Morgan fingerprint density at radius 2 is 1.85 bits per heavy atom. The Morgan fingerprint density at radius 3 is 2.62 bits per heavy atom. The Bertz CT molecular complexity index is 2390. The number of aliphatic hydroxyl groups is 1. The van der Waals surface area contributed by atoms with Gasteiger partial charge in [0, 0.05) is 47.8 Å². The summed E-state index contributed by atoms with van der Waals surface area (Å²) in [4.78, 5) is 53.4. The zero-order chi connectivity index (χ0) is 42.8. The van der Waals surface area contributed by atoms with Gasteiger partial charge in [0.25, 0.3) is 21.8 Å². The van der Waals surface area contributed by atoms with Crippen LogP contribution in [-0.2, 0) is 24.4 Å². The van der Waals surface area contributed by atoms with Crippen LogP contribution in [0.2, 0.25) is 0 Å². The first-order valence-corrected chi connectivity index (χ1v) is 22.8. The maximum Gasteiger partial charge on any atom is 0.266 e. The van der Waals surface area contributed by atoms with Crippen LogP contribution in [0, 0.1) is 11.8 Å². The lowest BCUT2D eigenvalue weighted by Gasteiger charge is -2.29. The monoisotopic (exact) mass is 859 g/mol. The number of anilines is 2. The van der Waals surface area contributed by atoms with Crippen LogP contribution < -0.4 is 30.1 Å². The van der Waals surface area contributed by atoms with Crippen molar-refractivity contribution >= 4 is 60.8 Å². The van der Waals surface area contributed by atoms with Crippen molar-refractivity contribution in [1.29, 1.82) is 0 Å². The molecule has 2 fully saturated rings. The second-order valence-electron chi connectivity index (χ2n) is 16.3. The van der Waals surface area contributed by atoms with Crippen LogP contribution in [0.5, 0.6) is 11.5 Å². The minimum atomic E-state index is -4.36. The van der Waals surface area contributed by atoms with E-state index in [0.717, 1.165) is 30.8 Å². The molecule has 60 heavy (non-hydrogen) atoms. The fraction of sp³-hybridized carbons (Fsp3) is 0.465. The summed E-state index contributed by atoms with van der Waals surface area (Å²) in [5, 5.41) is 23.7. The van der Waals surface area contributed by atoms with E-state index in [2.05, 4.69) is 20.7 Å². The number of para-hydroxylation sites is 1. The number of aromatic nitrogens is 2. The third kappa shape index (κ3) is 9.22. The molecule has 4 aromatic rings. The van der Waals surface area contributed by atoms with Gasteiger partial charge in [-0.15, -0.1) is 11.3 Å². The fourth-order valence-electron chi connectivity index (χ4n) is 7.69. The molecule has 2 aliphatic heterocycles. The van der Waals surface area contributed by atoms with E-state index >= 15 is 0 Å². The molecule has 7 rings (SSSR count). The number of allylic oxidation sites excluding steroid dienone is 1. The first-order valence-electron chi connectivity index (χ1n) is 20.4. The van der Waals surface area contributed by atoms with E-state index in [4.69, 9.17) is 19.4 Å². The number of sulfonamides is 1. The highest BCUT2D eigenvalue weighted by molar-refractivity contribution is 7.90. The van der Waals surface area contributed by atoms with E-state index in [1.807, 2.05) is 37.4 Å². The second kappa shape index (κ2) is 17.8. The Kier molecular flexibility index (Phi) is 12.7. The first kappa shape index (κ1) is 42.8. The largest absolute Gasteiger partial charge is 0.497 e. The molecule has 3 aliphatic rings. The highest BCUT2D eigenvalue weighted by atomic mass is 32.2. The normalized spacial score (nSPS) is 23.9. The number of carbonyl (C=O) groups excluding carboxylic acids is 3. The molecule has 0 radical (unpaired) electrons. The Labute approximate surface area is 354 Å². The summed E-state index contributed by atoms with van der Waals surface area (Å²) in [6, 6.07) is 12.6. The number of thiazole rings is 1. The minimum absolute atomic E-state index is 0.0202. The quantitative estimate of drug-likeness (QED) is 0.126. The van der Waals surface area contributed by atoms with Crippen molar-refractivity contribution in [3.63, 3.8) is 0 Å². The molecule has 2 aromatic heterocycles. The third-order valence-electron chi connectivity index (χ3n) is 11.1. The second-order valence-corrected chi connectivity index (χ2v) is 18.8. The molecule has 2 aromatic carbocycles.